The molecule has 0 aliphatic carbocycles. The lowest BCUT2D eigenvalue weighted by molar-refractivity contribution is -0.384. The summed E-state index contributed by atoms with van der Waals surface area (Å²) >= 11 is 6.12. The molecule has 0 amide bonds. The zero-order valence-corrected chi connectivity index (χ0v) is 16.2. The third-order valence-corrected chi connectivity index (χ3v) is 7.10. The Balaban J connectivity index is 1.77. The third kappa shape index (κ3) is 2.90. The third-order valence-electron chi connectivity index (χ3n) is 4.97. The zero-order valence-electron chi connectivity index (χ0n) is 14.6. The molecule has 7 nitrogen and oxygen atoms in total. The van der Waals surface area contributed by atoms with Gasteiger partial charge in [0.15, 0.2) is 0 Å². The van der Waals surface area contributed by atoms with Crippen LogP contribution in [-0.4, -0.2) is 29.2 Å². The van der Waals surface area contributed by atoms with Gasteiger partial charge in [-0.2, -0.15) is 4.31 Å². The van der Waals surface area contributed by atoms with Crippen molar-refractivity contribution in [3.05, 3.63) is 81.5 Å². The van der Waals surface area contributed by atoms with Crippen molar-refractivity contribution in [2.24, 2.45) is 0 Å². The second kappa shape index (κ2) is 6.73. The Hall–Kier alpha value is -2.68. The number of aromatic nitrogens is 1. The van der Waals surface area contributed by atoms with E-state index >= 15 is 0 Å². The average Bonchev–Trinajstić information content (AvgIpc) is 3.05. The number of nitrogens with zero attached hydrogens (tertiary/aromatic N) is 2. The quantitative estimate of drug-likeness (QED) is 0.390. The minimum absolute atomic E-state index is 0.00700. The second-order valence-corrected chi connectivity index (χ2v) is 8.83. The van der Waals surface area contributed by atoms with Crippen LogP contribution < -0.4 is 0 Å². The lowest BCUT2D eigenvalue weighted by atomic mass is 9.99. The molecule has 1 aliphatic heterocycles. The molecular weight excluding hydrogens is 402 g/mol. The highest BCUT2D eigenvalue weighted by Gasteiger charge is 2.36. The molecule has 1 atom stereocenters. The fourth-order valence-electron chi connectivity index (χ4n) is 3.65. The van der Waals surface area contributed by atoms with Gasteiger partial charge in [-0.05, 0) is 42.3 Å². The van der Waals surface area contributed by atoms with E-state index in [1.807, 2.05) is 12.1 Å². The van der Waals surface area contributed by atoms with Gasteiger partial charge in [-0.15, -0.1) is 6.58 Å². The first-order chi connectivity index (χ1) is 13.3. The average molecular weight is 418 g/mol. The van der Waals surface area contributed by atoms with Gasteiger partial charge in [0.2, 0.25) is 10.0 Å². The van der Waals surface area contributed by atoms with Crippen molar-refractivity contribution in [2.75, 3.05) is 6.54 Å². The lowest BCUT2D eigenvalue weighted by Crippen LogP contribution is -2.39. The van der Waals surface area contributed by atoms with Crippen molar-refractivity contribution >= 4 is 38.2 Å². The highest BCUT2D eigenvalue weighted by Crippen LogP contribution is 2.38. The van der Waals surface area contributed by atoms with Gasteiger partial charge in [0.25, 0.3) is 5.69 Å². The molecule has 0 spiro atoms. The van der Waals surface area contributed by atoms with Crippen molar-refractivity contribution < 1.29 is 13.3 Å². The summed E-state index contributed by atoms with van der Waals surface area (Å²) in [6, 6.07) is 9.84. The van der Waals surface area contributed by atoms with E-state index in [4.69, 9.17) is 11.6 Å². The molecule has 0 saturated heterocycles. The summed E-state index contributed by atoms with van der Waals surface area (Å²) in [5.41, 5.74) is 2.52. The van der Waals surface area contributed by atoms with E-state index in [9.17, 15) is 18.5 Å². The summed E-state index contributed by atoms with van der Waals surface area (Å²) in [4.78, 5) is 13.6. The maximum atomic E-state index is 13.2. The van der Waals surface area contributed by atoms with E-state index in [0.717, 1.165) is 22.2 Å². The van der Waals surface area contributed by atoms with Crippen LogP contribution in [0.25, 0.3) is 10.9 Å². The van der Waals surface area contributed by atoms with Gasteiger partial charge in [0.05, 0.1) is 15.9 Å². The maximum Gasteiger partial charge on any atom is 0.269 e. The normalized spacial score (nSPS) is 17.4. The highest BCUT2D eigenvalue weighted by molar-refractivity contribution is 7.89. The zero-order chi connectivity index (χ0) is 20.1. The summed E-state index contributed by atoms with van der Waals surface area (Å²) in [6.45, 7) is 4.09. The fraction of sp³-hybridized carbons (Fsp3) is 0.158. The van der Waals surface area contributed by atoms with Gasteiger partial charge in [0, 0.05) is 40.3 Å². The molecule has 28 heavy (non-hydrogen) atoms. The molecule has 0 fully saturated rings. The summed E-state index contributed by atoms with van der Waals surface area (Å²) < 4.78 is 27.7. The Morgan fingerprint density at radius 3 is 2.61 bits per heavy atom. The number of rotatable bonds is 4. The van der Waals surface area contributed by atoms with Crippen LogP contribution in [0.1, 0.15) is 17.3 Å². The van der Waals surface area contributed by atoms with E-state index in [2.05, 4.69) is 11.6 Å². The Bertz CT molecular complexity index is 1200. The van der Waals surface area contributed by atoms with Crippen LogP contribution in [0, 0.1) is 10.1 Å². The molecule has 9 heteroatoms. The molecule has 3 aromatic rings. The van der Waals surface area contributed by atoms with Crippen molar-refractivity contribution in [2.45, 2.75) is 17.4 Å². The van der Waals surface area contributed by atoms with Gasteiger partial charge in [-0.3, -0.25) is 10.1 Å². The van der Waals surface area contributed by atoms with Gasteiger partial charge in [0.1, 0.15) is 0 Å². The van der Waals surface area contributed by atoms with Crippen LogP contribution in [0.3, 0.4) is 0 Å². The van der Waals surface area contributed by atoms with Crippen LogP contribution in [0.5, 0.6) is 0 Å². The number of halogens is 1. The van der Waals surface area contributed by atoms with Gasteiger partial charge >= 0.3 is 0 Å². The van der Waals surface area contributed by atoms with Crippen molar-refractivity contribution in [1.82, 2.24) is 9.29 Å². The van der Waals surface area contributed by atoms with Crippen LogP contribution in [0.4, 0.5) is 5.69 Å². The minimum Gasteiger partial charge on any atom is -0.357 e. The second-order valence-electron chi connectivity index (χ2n) is 6.50. The van der Waals surface area contributed by atoms with Crippen LogP contribution in [-0.2, 0) is 16.4 Å². The van der Waals surface area contributed by atoms with Gasteiger partial charge in [-0.1, -0.05) is 17.7 Å². The molecule has 0 radical (unpaired) electrons. The first-order valence-electron chi connectivity index (χ1n) is 8.52. The molecule has 1 aromatic heterocycles. The minimum atomic E-state index is -3.86. The summed E-state index contributed by atoms with van der Waals surface area (Å²) in [6.07, 6.45) is 2.10. The summed E-state index contributed by atoms with van der Waals surface area (Å²) in [5.74, 6) is 0. The number of benzene rings is 2. The number of nitrogens with one attached hydrogen (secondary N) is 1. The number of aromatic amines is 1. The molecule has 0 saturated carbocycles. The number of hydrogen-bond acceptors (Lipinski definition) is 4. The standard InChI is InChI=1S/C19H16ClN3O4S/c1-2-18-19-15(16-11-12(20)3-8-17(16)21-19)9-10-22(18)28(26,27)14-6-4-13(5-7-14)23(24)25/h2-8,11,18,21H,1,9-10H2. The molecule has 144 valence electrons. The van der Waals surface area contributed by atoms with Crippen LogP contribution in [0.2, 0.25) is 5.02 Å². The summed E-state index contributed by atoms with van der Waals surface area (Å²) in [5, 5.41) is 12.4. The smallest absolute Gasteiger partial charge is 0.269 e. The maximum absolute atomic E-state index is 13.2. The molecule has 1 aliphatic rings. The van der Waals surface area contributed by atoms with Crippen molar-refractivity contribution in [3.8, 4) is 0 Å². The number of nitro groups is 1. The van der Waals surface area contributed by atoms with Crippen LogP contribution >= 0.6 is 11.6 Å². The first kappa shape index (κ1) is 18.7. The number of fused-ring (bicyclic) bond motifs is 3. The van der Waals surface area contributed by atoms with Crippen molar-refractivity contribution in [3.63, 3.8) is 0 Å². The molecule has 0 bridgehead atoms. The van der Waals surface area contributed by atoms with E-state index < -0.39 is 21.0 Å². The lowest BCUT2D eigenvalue weighted by Gasteiger charge is -2.33. The molecule has 1 N–H and O–H groups in total. The van der Waals surface area contributed by atoms with Gasteiger partial charge in [-0.25, -0.2) is 8.42 Å². The van der Waals surface area contributed by atoms with Crippen molar-refractivity contribution in [1.29, 1.82) is 0 Å². The number of non-ortho nitro benzene ring substituents is 1. The van der Waals surface area contributed by atoms with E-state index in [1.54, 1.807) is 12.1 Å². The monoisotopic (exact) mass is 417 g/mol. The topological polar surface area (TPSA) is 96.3 Å². The predicted octanol–water partition coefficient (Wildman–Crippen LogP) is 4.20. The molecular formula is C19H16ClN3O4S. The molecule has 2 heterocycles. The predicted molar refractivity (Wildman–Crippen MR) is 107 cm³/mol. The fourth-order valence-corrected chi connectivity index (χ4v) is 5.39. The molecule has 4 rings (SSSR count). The Labute approximate surface area is 166 Å². The summed E-state index contributed by atoms with van der Waals surface area (Å²) in [7, 11) is -3.86. The first-order valence-corrected chi connectivity index (χ1v) is 10.3. The van der Waals surface area contributed by atoms with E-state index in [1.165, 1.54) is 28.6 Å². The number of nitro benzene ring substituents is 1. The Morgan fingerprint density at radius 1 is 1.25 bits per heavy atom. The Kier molecular flexibility index (Phi) is 4.49. The number of hydrogen-bond donors (Lipinski definition) is 1. The number of H-pyrrole nitrogens is 1. The Morgan fingerprint density at radius 2 is 1.96 bits per heavy atom. The number of sulfonamides is 1. The molecule has 2 aromatic carbocycles. The highest BCUT2D eigenvalue weighted by atomic mass is 35.5. The SMILES string of the molecule is C=CC1c2[nH]c3ccc(Cl)cc3c2CCN1S(=O)(=O)c1ccc([N+](=O)[O-])cc1. The van der Waals surface area contributed by atoms with E-state index in [-0.39, 0.29) is 17.1 Å². The van der Waals surface area contributed by atoms with Crippen LogP contribution in [0.15, 0.2) is 60.0 Å². The largest absolute Gasteiger partial charge is 0.357 e. The van der Waals surface area contributed by atoms with E-state index in [0.29, 0.717) is 11.4 Å². The molecule has 1 unspecified atom stereocenters. The van der Waals surface area contributed by atoms with Gasteiger partial charge < -0.3 is 4.98 Å².